The third-order valence-electron chi connectivity index (χ3n) is 3.81. The normalized spacial score (nSPS) is 19.5. The number of hydrogen-bond donors (Lipinski definition) is 1. The zero-order chi connectivity index (χ0) is 13.6. The molecule has 2 aliphatic carbocycles. The minimum atomic E-state index is -4.38. The molecule has 0 atom stereocenters. The van der Waals surface area contributed by atoms with E-state index in [0.717, 1.165) is 19.4 Å². The molecule has 2 N–H and O–H groups in total. The van der Waals surface area contributed by atoms with E-state index in [1.54, 1.807) is 6.07 Å². The Morgan fingerprint density at radius 1 is 1.16 bits per heavy atom. The van der Waals surface area contributed by atoms with Gasteiger partial charge < -0.3 is 10.6 Å². The quantitative estimate of drug-likeness (QED) is 0.846. The first-order chi connectivity index (χ1) is 8.95. The van der Waals surface area contributed by atoms with E-state index < -0.39 is 11.7 Å². The van der Waals surface area contributed by atoms with Gasteiger partial charge in [-0.2, -0.15) is 13.2 Å². The van der Waals surface area contributed by atoms with Crippen molar-refractivity contribution >= 4 is 11.4 Å². The second-order valence-corrected chi connectivity index (χ2v) is 5.60. The summed E-state index contributed by atoms with van der Waals surface area (Å²) in [5.74, 6) is 0.660. The Labute approximate surface area is 110 Å². The molecule has 0 aromatic heterocycles. The molecule has 104 valence electrons. The molecule has 19 heavy (non-hydrogen) atoms. The van der Waals surface area contributed by atoms with Gasteiger partial charge in [-0.15, -0.1) is 0 Å². The Hall–Kier alpha value is -1.39. The molecule has 1 aromatic carbocycles. The van der Waals surface area contributed by atoms with Crippen molar-refractivity contribution in [3.8, 4) is 0 Å². The highest BCUT2D eigenvalue weighted by molar-refractivity contribution is 5.60. The summed E-state index contributed by atoms with van der Waals surface area (Å²) >= 11 is 0. The summed E-state index contributed by atoms with van der Waals surface area (Å²) in [6, 6.07) is 4.71. The van der Waals surface area contributed by atoms with E-state index in [1.807, 2.05) is 0 Å². The summed E-state index contributed by atoms with van der Waals surface area (Å²) in [7, 11) is 0. The molecular weight excluding hydrogens is 253 g/mol. The lowest BCUT2D eigenvalue weighted by Crippen LogP contribution is -2.28. The molecule has 0 aliphatic heterocycles. The zero-order valence-corrected chi connectivity index (χ0v) is 10.6. The number of alkyl halides is 3. The molecular formula is C14H17F3N2. The van der Waals surface area contributed by atoms with Gasteiger partial charge in [0.05, 0.1) is 5.56 Å². The summed E-state index contributed by atoms with van der Waals surface area (Å²) in [4.78, 5) is 2.13. The number of nitrogens with two attached hydrogens (primary N) is 1. The second kappa shape index (κ2) is 4.32. The van der Waals surface area contributed by atoms with Crippen molar-refractivity contribution in [3.05, 3.63) is 23.8 Å². The van der Waals surface area contributed by atoms with Crippen LogP contribution in [0.4, 0.5) is 24.5 Å². The number of hydrogen-bond acceptors (Lipinski definition) is 2. The van der Waals surface area contributed by atoms with Crippen molar-refractivity contribution in [1.82, 2.24) is 0 Å². The van der Waals surface area contributed by atoms with E-state index in [2.05, 4.69) is 4.90 Å². The van der Waals surface area contributed by atoms with Gasteiger partial charge in [-0.1, -0.05) is 0 Å². The highest BCUT2D eigenvalue weighted by Gasteiger charge is 2.37. The van der Waals surface area contributed by atoms with Crippen molar-refractivity contribution in [2.24, 2.45) is 5.92 Å². The van der Waals surface area contributed by atoms with E-state index >= 15 is 0 Å². The molecule has 0 radical (unpaired) electrons. The van der Waals surface area contributed by atoms with Crippen LogP contribution in [0.1, 0.15) is 31.2 Å². The van der Waals surface area contributed by atoms with Gasteiger partial charge in [0, 0.05) is 24.0 Å². The average Bonchev–Trinajstić information content (AvgIpc) is 3.19. The maximum absolute atomic E-state index is 12.9. The smallest absolute Gasteiger partial charge is 0.398 e. The van der Waals surface area contributed by atoms with Crippen molar-refractivity contribution in [2.45, 2.75) is 37.9 Å². The first kappa shape index (κ1) is 12.6. The molecule has 2 fully saturated rings. The Morgan fingerprint density at radius 3 is 2.37 bits per heavy atom. The van der Waals surface area contributed by atoms with E-state index in [9.17, 15) is 13.2 Å². The summed E-state index contributed by atoms with van der Waals surface area (Å²) in [5.41, 5.74) is 5.19. The molecule has 5 heteroatoms. The van der Waals surface area contributed by atoms with E-state index in [-0.39, 0.29) is 5.69 Å². The predicted octanol–water partition coefficient (Wildman–Crippen LogP) is 3.67. The van der Waals surface area contributed by atoms with Crippen LogP contribution in [0.3, 0.4) is 0 Å². The van der Waals surface area contributed by atoms with Crippen molar-refractivity contribution < 1.29 is 13.2 Å². The van der Waals surface area contributed by atoms with Crippen LogP contribution >= 0.6 is 0 Å². The van der Waals surface area contributed by atoms with E-state index in [1.165, 1.54) is 25.0 Å². The predicted molar refractivity (Wildman–Crippen MR) is 68.9 cm³/mol. The van der Waals surface area contributed by atoms with Gasteiger partial charge in [0.1, 0.15) is 0 Å². The summed E-state index contributed by atoms with van der Waals surface area (Å²) in [5, 5.41) is 0. The monoisotopic (exact) mass is 270 g/mol. The SMILES string of the molecule is Nc1ccc(N(CC2CC2)C2CC2)cc1C(F)(F)F. The van der Waals surface area contributed by atoms with Gasteiger partial charge in [0.25, 0.3) is 0 Å². The molecule has 2 saturated carbocycles. The Kier molecular flexibility index (Phi) is 2.87. The minimum absolute atomic E-state index is 0.196. The standard InChI is InChI=1S/C14H17F3N2/c15-14(16,17)12-7-11(5-6-13(12)18)19(10-3-4-10)8-9-1-2-9/h5-7,9-10H,1-4,8,18H2. The lowest BCUT2D eigenvalue weighted by atomic mass is 10.1. The highest BCUT2D eigenvalue weighted by atomic mass is 19.4. The number of rotatable bonds is 4. The molecule has 0 spiro atoms. The van der Waals surface area contributed by atoms with Gasteiger partial charge in [0.15, 0.2) is 0 Å². The van der Waals surface area contributed by atoms with Gasteiger partial charge in [-0.25, -0.2) is 0 Å². The molecule has 0 saturated heterocycles. The molecule has 2 nitrogen and oxygen atoms in total. The number of benzene rings is 1. The fourth-order valence-corrected chi connectivity index (χ4v) is 2.40. The van der Waals surface area contributed by atoms with E-state index in [4.69, 9.17) is 5.73 Å². The van der Waals surface area contributed by atoms with Gasteiger partial charge in [-0.3, -0.25) is 0 Å². The summed E-state index contributed by atoms with van der Waals surface area (Å²) < 4.78 is 38.7. The summed E-state index contributed by atoms with van der Waals surface area (Å²) in [6.45, 7) is 0.881. The van der Waals surface area contributed by atoms with Crippen LogP contribution in [0.15, 0.2) is 18.2 Å². The topological polar surface area (TPSA) is 29.3 Å². The van der Waals surface area contributed by atoms with Crippen molar-refractivity contribution in [3.63, 3.8) is 0 Å². The van der Waals surface area contributed by atoms with Crippen LogP contribution < -0.4 is 10.6 Å². The fourth-order valence-electron chi connectivity index (χ4n) is 2.40. The van der Waals surface area contributed by atoms with Crippen LogP contribution in [0.5, 0.6) is 0 Å². The van der Waals surface area contributed by atoms with Crippen LogP contribution in [0.25, 0.3) is 0 Å². The first-order valence-electron chi connectivity index (χ1n) is 6.68. The third-order valence-corrected chi connectivity index (χ3v) is 3.81. The van der Waals surface area contributed by atoms with Gasteiger partial charge >= 0.3 is 6.18 Å². The molecule has 0 bridgehead atoms. The lowest BCUT2D eigenvalue weighted by Gasteiger charge is -2.26. The average molecular weight is 270 g/mol. The number of halogens is 3. The Balaban J connectivity index is 1.89. The van der Waals surface area contributed by atoms with Gasteiger partial charge in [0.2, 0.25) is 0 Å². The minimum Gasteiger partial charge on any atom is -0.398 e. The highest BCUT2D eigenvalue weighted by Crippen LogP contribution is 2.41. The first-order valence-corrected chi connectivity index (χ1v) is 6.68. The fraction of sp³-hybridized carbons (Fsp3) is 0.571. The number of nitrogens with zero attached hydrogens (tertiary/aromatic N) is 1. The Bertz CT molecular complexity index is 476. The van der Waals surface area contributed by atoms with Crippen LogP contribution in [0, 0.1) is 5.92 Å². The van der Waals surface area contributed by atoms with Gasteiger partial charge in [-0.05, 0) is 49.8 Å². The van der Waals surface area contributed by atoms with Crippen LogP contribution in [-0.2, 0) is 6.18 Å². The van der Waals surface area contributed by atoms with Crippen LogP contribution in [0.2, 0.25) is 0 Å². The van der Waals surface area contributed by atoms with Crippen molar-refractivity contribution in [2.75, 3.05) is 17.2 Å². The second-order valence-electron chi connectivity index (χ2n) is 5.60. The molecule has 1 aromatic rings. The third kappa shape index (κ3) is 2.80. The maximum Gasteiger partial charge on any atom is 0.418 e. The molecule has 3 rings (SSSR count). The molecule has 2 aliphatic rings. The van der Waals surface area contributed by atoms with E-state index in [0.29, 0.717) is 17.6 Å². The largest absolute Gasteiger partial charge is 0.418 e. The Morgan fingerprint density at radius 2 is 1.84 bits per heavy atom. The van der Waals surface area contributed by atoms with Crippen LogP contribution in [-0.4, -0.2) is 12.6 Å². The molecule has 0 heterocycles. The van der Waals surface area contributed by atoms with Crippen molar-refractivity contribution in [1.29, 1.82) is 0 Å². The number of nitrogen functional groups attached to an aromatic ring is 1. The maximum atomic E-state index is 12.9. The summed E-state index contributed by atoms with van der Waals surface area (Å²) in [6.07, 6.45) is 0.181. The molecule has 0 unspecified atom stereocenters. The number of anilines is 2. The molecule has 0 amide bonds. The lowest BCUT2D eigenvalue weighted by molar-refractivity contribution is -0.136. The zero-order valence-electron chi connectivity index (χ0n) is 10.6.